The van der Waals surface area contributed by atoms with Crippen molar-refractivity contribution in [1.29, 1.82) is 0 Å². The van der Waals surface area contributed by atoms with Gasteiger partial charge in [-0.3, -0.25) is 0 Å². The quantitative estimate of drug-likeness (QED) is 0.427. The molecule has 0 aliphatic carbocycles. The summed E-state index contributed by atoms with van der Waals surface area (Å²) < 4.78 is 10.6. The summed E-state index contributed by atoms with van der Waals surface area (Å²) >= 11 is 0. The van der Waals surface area contributed by atoms with Crippen molar-refractivity contribution in [2.24, 2.45) is 0 Å². The second-order valence-corrected chi connectivity index (χ2v) is 3.09. The zero-order chi connectivity index (χ0) is 11.1. The zero-order valence-corrected chi connectivity index (χ0v) is 8.90. The lowest BCUT2D eigenvalue weighted by Gasteiger charge is -2.09. The van der Waals surface area contributed by atoms with Gasteiger partial charge < -0.3 is 20.3 Å². The third kappa shape index (κ3) is 3.67. The van der Waals surface area contributed by atoms with Gasteiger partial charge >= 0.3 is 0 Å². The molecule has 0 unspecified atom stereocenters. The smallest absolute Gasteiger partial charge is 0.145 e. The second kappa shape index (κ2) is 6.14. The van der Waals surface area contributed by atoms with Crippen molar-refractivity contribution >= 4 is 5.69 Å². The molecule has 0 radical (unpaired) electrons. The number of phenolic OH excluding ortho intramolecular Hbond substituents is 1. The van der Waals surface area contributed by atoms with Crippen molar-refractivity contribution < 1.29 is 14.6 Å². The summed E-state index contributed by atoms with van der Waals surface area (Å²) in [6, 6.07) is 4.96. The highest BCUT2D eigenvalue weighted by Crippen LogP contribution is 2.29. The number of phenols is 1. The fourth-order valence-electron chi connectivity index (χ4n) is 1.15. The number of nitrogens with two attached hydrogens (primary N) is 1. The molecule has 1 rings (SSSR count). The van der Waals surface area contributed by atoms with Crippen LogP contribution in [-0.4, -0.2) is 24.9 Å². The first-order chi connectivity index (χ1) is 7.25. The van der Waals surface area contributed by atoms with Gasteiger partial charge in [0.2, 0.25) is 0 Å². The summed E-state index contributed by atoms with van der Waals surface area (Å²) in [7, 11) is 0. The Hall–Kier alpha value is -1.42. The van der Waals surface area contributed by atoms with Crippen LogP contribution in [0.3, 0.4) is 0 Å². The van der Waals surface area contributed by atoms with Gasteiger partial charge in [-0.1, -0.05) is 6.07 Å². The van der Waals surface area contributed by atoms with Gasteiger partial charge in [0.1, 0.15) is 17.2 Å². The van der Waals surface area contributed by atoms with Gasteiger partial charge in [0.25, 0.3) is 0 Å². The molecule has 0 amide bonds. The van der Waals surface area contributed by atoms with Crippen LogP contribution in [0.15, 0.2) is 18.2 Å². The first kappa shape index (κ1) is 11.7. The molecule has 0 aromatic heterocycles. The third-order valence-corrected chi connectivity index (χ3v) is 1.94. The molecule has 0 fully saturated rings. The summed E-state index contributed by atoms with van der Waals surface area (Å²) in [5.74, 6) is 0.573. The molecule has 1 aromatic carbocycles. The molecule has 0 saturated carbocycles. The van der Waals surface area contributed by atoms with Gasteiger partial charge in [-0.25, -0.2) is 0 Å². The molecule has 0 aliphatic rings. The van der Waals surface area contributed by atoms with Crippen LogP contribution in [0, 0.1) is 0 Å². The van der Waals surface area contributed by atoms with E-state index in [1.54, 1.807) is 12.1 Å². The minimum absolute atomic E-state index is 0.0531. The Balaban J connectivity index is 2.34. The SMILES string of the molecule is CCOCCCOc1cccc(O)c1N. The van der Waals surface area contributed by atoms with E-state index in [2.05, 4.69) is 0 Å². The fraction of sp³-hybridized carbons (Fsp3) is 0.455. The summed E-state index contributed by atoms with van der Waals surface area (Å²) in [5, 5.41) is 9.31. The molecule has 84 valence electrons. The summed E-state index contributed by atoms with van der Waals surface area (Å²) in [4.78, 5) is 0. The maximum atomic E-state index is 9.31. The van der Waals surface area contributed by atoms with Crippen LogP contribution in [0.5, 0.6) is 11.5 Å². The number of hydrogen-bond donors (Lipinski definition) is 2. The molecule has 4 nitrogen and oxygen atoms in total. The minimum Gasteiger partial charge on any atom is -0.506 e. The first-order valence-corrected chi connectivity index (χ1v) is 5.03. The molecular formula is C11H17NO3. The highest BCUT2D eigenvalue weighted by Gasteiger charge is 2.03. The molecule has 1 aromatic rings. The Labute approximate surface area is 89.6 Å². The number of para-hydroxylation sites is 1. The van der Waals surface area contributed by atoms with E-state index in [0.29, 0.717) is 25.6 Å². The monoisotopic (exact) mass is 211 g/mol. The molecule has 3 N–H and O–H groups in total. The average molecular weight is 211 g/mol. The van der Waals surface area contributed by atoms with E-state index < -0.39 is 0 Å². The van der Waals surface area contributed by atoms with Crippen LogP contribution in [0.2, 0.25) is 0 Å². The van der Waals surface area contributed by atoms with E-state index in [4.69, 9.17) is 15.2 Å². The maximum absolute atomic E-state index is 9.31. The zero-order valence-electron chi connectivity index (χ0n) is 8.90. The van der Waals surface area contributed by atoms with Gasteiger partial charge in [-0.2, -0.15) is 0 Å². The maximum Gasteiger partial charge on any atom is 0.145 e. The first-order valence-electron chi connectivity index (χ1n) is 5.03. The fourth-order valence-corrected chi connectivity index (χ4v) is 1.15. The van der Waals surface area contributed by atoms with E-state index >= 15 is 0 Å². The van der Waals surface area contributed by atoms with Crippen molar-refractivity contribution in [3.8, 4) is 11.5 Å². The van der Waals surface area contributed by atoms with Crippen LogP contribution in [-0.2, 0) is 4.74 Å². The van der Waals surface area contributed by atoms with Crippen LogP contribution < -0.4 is 10.5 Å². The Kier molecular flexibility index (Phi) is 4.77. The van der Waals surface area contributed by atoms with E-state index in [-0.39, 0.29) is 11.4 Å². The largest absolute Gasteiger partial charge is 0.506 e. The summed E-state index contributed by atoms with van der Waals surface area (Å²) in [5.41, 5.74) is 5.90. The predicted molar refractivity (Wildman–Crippen MR) is 59.1 cm³/mol. The van der Waals surface area contributed by atoms with Gasteiger partial charge in [0.05, 0.1) is 6.61 Å². The van der Waals surface area contributed by atoms with Crippen LogP contribution >= 0.6 is 0 Å². The Bertz CT molecular complexity index is 302. The molecule has 0 heterocycles. The van der Waals surface area contributed by atoms with Crippen LogP contribution in [0.1, 0.15) is 13.3 Å². The van der Waals surface area contributed by atoms with Gasteiger partial charge in [-0.05, 0) is 19.1 Å². The van der Waals surface area contributed by atoms with Gasteiger partial charge in [0, 0.05) is 19.6 Å². The van der Waals surface area contributed by atoms with Crippen molar-refractivity contribution in [1.82, 2.24) is 0 Å². The van der Waals surface area contributed by atoms with Crippen molar-refractivity contribution in [2.45, 2.75) is 13.3 Å². The normalized spacial score (nSPS) is 10.2. The Morgan fingerprint density at radius 1 is 1.33 bits per heavy atom. The number of ether oxygens (including phenoxy) is 2. The number of hydrogen-bond acceptors (Lipinski definition) is 4. The molecule has 0 aliphatic heterocycles. The van der Waals surface area contributed by atoms with E-state index in [1.165, 1.54) is 6.07 Å². The lowest BCUT2D eigenvalue weighted by atomic mass is 10.3. The van der Waals surface area contributed by atoms with Crippen LogP contribution in [0.25, 0.3) is 0 Å². The average Bonchev–Trinajstić information content (AvgIpc) is 2.24. The van der Waals surface area contributed by atoms with Gasteiger partial charge in [-0.15, -0.1) is 0 Å². The highest BCUT2D eigenvalue weighted by molar-refractivity contribution is 5.61. The molecule has 15 heavy (non-hydrogen) atoms. The van der Waals surface area contributed by atoms with E-state index in [9.17, 15) is 5.11 Å². The van der Waals surface area contributed by atoms with Crippen molar-refractivity contribution in [3.05, 3.63) is 18.2 Å². The number of rotatable bonds is 6. The minimum atomic E-state index is 0.0531. The molecule has 0 atom stereocenters. The third-order valence-electron chi connectivity index (χ3n) is 1.94. The number of nitrogen functional groups attached to an aromatic ring is 1. The molecule has 0 spiro atoms. The highest BCUT2D eigenvalue weighted by atomic mass is 16.5. The molecule has 0 saturated heterocycles. The topological polar surface area (TPSA) is 64.7 Å². The van der Waals surface area contributed by atoms with Gasteiger partial charge in [0.15, 0.2) is 0 Å². The molecular weight excluding hydrogens is 194 g/mol. The molecule has 4 heteroatoms. The number of aromatic hydroxyl groups is 1. The predicted octanol–water partition coefficient (Wildman–Crippen LogP) is 1.78. The van der Waals surface area contributed by atoms with Crippen molar-refractivity contribution in [3.63, 3.8) is 0 Å². The lowest BCUT2D eigenvalue weighted by molar-refractivity contribution is 0.131. The number of anilines is 1. The second-order valence-electron chi connectivity index (χ2n) is 3.09. The lowest BCUT2D eigenvalue weighted by Crippen LogP contribution is -2.04. The Morgan fingerprint density at radius 3 is 2.87 bits per heavy atom. The van der Waals surface area contributed by atoms with Crippen molar-refractivity contribution in [2.75, 3.05) is 25.6 Å². The summed E-state index contributed by atoms with van der Waals surface area (Å²) in [6.45, 7) is 3.88. The Morgan fingerprint density at radius 2 is 2.13 bits per heavy atom. The number of benzene rings is 1. The van der Waals surface area contributed by atoms with E-state index in [1.807, 2.05) is 6.92 Å². The van der Waals surface area contributed by atoms with E-state index in [0.717, 1.165) is 6.42 Å². The van der Waals surface area contributed by atoms with Crippen LogP contribution in [0.4, 0.5) is 5.69 Å². The standard InChI is InChI=1S/C11H17NO3/c1-2-14-7-4-8-15-10-6-3-5-9(13)11(10)12/h3,5-6,13H,2,4,7-8,12H2,1H3. The summed E-state index contributed by atoms with van der Waals surface area (Å²) in [6.07, 6.45) is 0.808. The molecule has 0 bridgehead atoms.